The van der Waals surface area contributed by atoms with Crippen LogP contribution in [0.15, 0.2) is 24.3 Å². The molecule has 1 aliphatic heterocycles. The summed E-state index contributed by atoms with van der Waals surface area (Å²) in [7, 11) is 1.93. The van der Waals surface area contributed by atoms with Crippen LogP contribution in [0.3, 0.4) is 0 Å². The van der Waals surface area contributed by atoms with Crippen LogP contribution in [0.1, 0.15) is 18.4 Å². The molecule has 1 aliphatic rings. The zero-order chi connectivity index (χ0) is 15.3. The third-order valence-electron chi connectivity index (χ3n) is 3.77. The second-order valence-electron chi connectivity index (χ2n) is 5.27. The maximum Gasteiger partial charge on any atom is 0.419 e. The van der Waals surface area contributed by atoms with E-state index in [9.17, 15) is 13.2 Å². The number of hydrogen-bond acceptors (Lipinski definition) is 3. The summed E-state index contributed by atoms with van der Waals surface area (Å²) in [5, 5.41) is 3.24. The molecule has 1 heterocycles. The molecule has 0 saturated carbocycles. The molecule has 1 aromatic rings. The van der Waals surface area contributed by atoms with Gasteiger partial charge in [0.05, 0.1) is 5.56 Å². The topological polar surface area (TPSA) is 24.5 Å². The normalized spacial score (nSPS) is 20.5. The van der Waals surface area contributed by atoms with Crippen molar-refractivity contribution in [2.24, 2.45) is 0 Å². The molecule has 1 unspecified atom stereocenters. The van der Waals surface area contributed by atoms with Crippen LogP contribution in [0.4, 0.5) is 13.2 Å². The van der Waals surface area contributed by atoms with E-state index in [2.05, 4.69) is 10.2 Å². The fraction of sp³-hybridized carbons (Fsp3) is 0.600. The number of para-hydroxylation sites is 1. The van der Waals surface area contributed by atoms with E-state index in [-0.39, 0.29) is 12.4 Å². The van der Waals surface area contributed by atoms with Gasteiger partial charge in [-0.15, -0.1) is 0 Å². The number of benzene rings is 1. The van der Waals surface area contributed by atoms with Crippen LogP contribution in [-0.4, -0.2) is 44.2 Å². The molecule has 1 N–H and O–H groups in total. The first-order valence-corrected chi connectivity index (χ1v) is 7.19. The Kier molecular flexibility index (Phi) is 5.47. The highest BCUT2D eigenvalue weighted by Crippen LogP contribution is 2.35. The fourth-order valence-corrected chi connectivity index (χ4v) is 2.61. The Hall–Kier alpha value is -1.27. The van der Waals surface area contributed by atoms with Crippen LogP contribution in [0.2, 0.25) is 0 Å². The first-order chi connectivity index (χ1) is 10.0. The Labute approximate surface area is 123 Å². The number of nitrogens with zero attached hydrogens (tertiary/aromatic N) is 1. The second-order valence-corrected chi connectivity index (χ2v) is 5.27. The molecule has 0 bridgehead atoms. The van der Waals surface area contributed by atoms with Gasteiger partial charge in [-0.25, -0.2) is 0 Å². The molecule has 0 aliphatic carbocycles. The van der Waals surface area contributed by atoms with Gasteiger partial charge in [0.15, 0.2) is 0 Å². The quantitative estimate of drug-likeness (QED) is 0.905. The summed E-state index contributed by atoms with van der Waals surface area (Å²) < 4.78 is 43.8. The molecule has 1 fully saturated rings. The minimum Gasteiger partial charge on any atom is -0.492 e. The van der Waals surface area contributed by atoms with E-state index < -0.39 is 11.7 Å². The zero-order valence-corrected chi connectivity index (χ0v) is 12.1. The number of likely N-dealkylation sites (N-methyl/N-ethyl adjacent to an activating group) is 1. The summed E-state index contributed by atoms with van der Waals surface area (Å²) in [5.41, 5.74) is -0.711. The van der Waals surface area contributed by atoms with Gasteiger partial charge >= 0.3 is 6.18 Å². The van der Waals surface area contributed by atoms with Gasteiger partial charge in [0.2, 0.25) is 0 Å². The van der Waals surface area contributed by atoms with Crippen molar-refractivity contribution >= 4 is 0 Å². The summed E-state index contributed by atoms with van der Waals surface area (Å²) in [5.74, 6) is -0.0906. The lowest BCUT2D eigenvalue weighted by atomic mass is 10.1. The van der Waals surface area contributed by atoms with Crippen LogP contribution in [0.25, 0.3) is 0 Å². The summed E-state index contributed by atoms with van der Waals surface area (Å²) in [4.78, 5) is 2.22. The average molecular weight is 302 g/mol. The molecule has 21 heavy (non-hydrogen) atoms. The van der Waals surface area contributed by atoms with Crippen LogP contribution in [0.5, 0.6) is 5.75 Å². The highest BCUT2D eigenvalue weighted by atomic mass is 19.4. The number of hydrogen-bond donors (Lipinski definition) is 1. The van der Waals surface area contributed by atoms with Crippen LogP contribution < -0.4 is 10.1 Å². The van der Waals surface area contributed by atoms with E-state index >= 15 is 0 Å². The number of likely N-dealkylation sites (tertiary alicyclic amines) is 1. The molecule has 1 atom stereocenters. The van der Waals surface area contributed by atoms with E-state index in [1.807, 2.05) is 7.05 Å². The van der Waals surface area contributed by atoms with E-state index in [1.165, 1.54) is 12.1 Å². The Bertz CT molecular complexity index is 451. The predicted molar refractivity (Wildman–Crippen MR) is 75.5 cm³/mol. The van der Waals surface area contributed by atoms with Crippen LogP contribution in [-0.2, 0) is 6.18 Å². The summed E-state index contributed by atoms with van der Waals surface area (Å²) in [6, 6.07) is 5.81. The van der Waals surface area contributed by atoms with Crippen molar-refractivity contribution in [3.63, 3.8) is 0 Å². The van der Waals surface area contributed by atoms with Gasteiger partial charge in [0.25, 0.3) is 0 Å². The van der Waals surface area contributed by atoms with Gasteiger partial charge in [-0.1, -0.05) is 12.1 Å². The van der Waals surface area contributed by atoms with E-state index in [4.69, 9.17) is 4.74 Å². The molecule has 1 saturated heterocycles. The van der Waals surface area contributed by atoms with Crippen molar-refractivity contribution in [2.75, 3.05) is 33.3 Å². The maximum atomic E-state index is 12.8. The highest BCUT2D eigenvalue weighted by molar-refractivity contribution is 5.35. The van der Waals surface area contributed by atoms with Gasteiger partial charge in [-0.05, 0) is 38.6 Å². The molecule has 3 nitrogen and oxygen atoms in total. The third kappa shape index (κ3) is 4.61. The summed E-state index contributed by atoms with van der Waals surface area (Å²) >= 11 is 0. The van der Waals surface area contributed by atoms with Crippen molar-refractivity contribution in [2.45, 2.75) is 25.1 Å². The minimum atomic E-state index is -4.38. The van der Waals surface area contributed by atoms with Crippen LogP contribution >= 0.6 is 0 Å². The first kappa shape index (κ1) is 16.1. The van der Waals surface area contributed by atoms with E-state index in [0.29, 0.717) is 12.6 Å². The molecular formula is C15H21F3N2O. The molecule has 1 aromatic carbocycles. The molecule has 0 aromatic heterocycles. The average Bonchev–Trinajstić information content (AvgIpc) is 2.47. The summed E-state index contributed by atoms with van der Waals surface area (Å²) in [6.45, 7) is 2.80. The number of piperidine rings is 1. The molecule has 118 valence electrons. The van der Waals surface area contributed by atoms with E-state index in [0.717, 1.165) is 32.0 Å². The van der Waals surface area contributed by atoms with Crippen molar-refractivity contribution in [3.05, 3.63) is 29.8 Å². The zero-order valence-electron chi connectivity index (χ0n) is 12.1. The molecule has 0 amide bonds. The first-order valence-electron chi connectivity index (χ1n) is 7.19. The Balaban J connectivity index is 1.86. The summed E-state index contributed by atoms with van der Waals surface area (Å²) in [6.07, 6.45) is -2.13. The molecule has 6 heteroatoms. The van der Waals surface area contributed by atoms with E-state index in [1.54, 1.807) is 6.07 Å². The van der Waals surface area contributed by atoms with Gasteiger partial charge in [0.1, 0.15) is 12.4 Å². The fourth-order valence-electron chi connectivity index (χ4n) is 2.61. The number of halogens is 3. The maximum absolute atomic E-state index is 12.8. The number of nitrogens with one attached hydrogen (secondary N) is 1. The smallest absolute Gasteiger partial charge is 0.419 e. The molecule has 2 rings (SSSR count). The SMILES string of the molecule is CNC1CCCN(CCOc2ccccc2C(F)(F)F)C1. The van der Waals surface area contributed by atoms with Gasteiger partial charge in [0, 0.05) is 19.1 Å². The van der Waals surface area contributed by atoms with Crippen molar-refractivity contribution in [1.82, 2.24) is 10.2 Å². The molecular weight excluding hydrogens is 281 g/mol. The van der Waals surface area contributed by atoms with Crippen molar-refractivity contribution < 1.29 is 17.9 Å². The molecule has 0 spiro atoms. The van der Waals surface area contributed by atoms with Crippen molar-refractivity contribution in [3.8, 4) is 5.75 Å². The predicted octanol–water partition coefficient (Wildman–Crippen LogP) is 2.77. The Morgan fingerprint density at radius 2 is 2.10 bits per heavy atom. The largest absolute Gasteiger partial charge is 0.492 e. The number of ether oxygens (including phenoxy) is 1. The standard InChI is InChI=1S/C15H21F3N2O/c1-19-12-5-4-8-20(11-12)9-10-21-14-7-3-2-6-13(14)15(16,17)18/h2-3,6-7,12,19H,4-5,8-11H2,1H3. The van der Waals surface area contributed by atoms with Gasteiger partial charge in [-0.3, -0.25) is 4.90 Å². The van der Waals surface area contributed by atoms with Gasteiger partial charge in [-0.2, -0.15) is 13.2 Å². The lowest BCUT2D eigenvalue weighted by molar-refractivity contribution is -0.139. The second kappa shape index (κ2) is 7.13. The monoisotopic (exact) mass is 302 g/mol. The lowest BCUT2D eigenvalue weighted by Gasteiger charge is -2.32. The number of rotatable bonds is 5. The Morgan fingerprint density at radius 3 is 2.81 bits per heavy atom. The molecule has 0 radical (unpaired) electrons. The number of alkyl halides is 3. The third-order valence-corrected chi connectivity index (χ3v) is 3.77. The van der Waals surface area contributed by atoms with Gasteiger partial charge < -0.3 is 10.1 Å². The van der Waals surface area contributed by atoms with Crippen LogP contribution in [0, 0.1) is 0 Å². The Morgan fingerprint density at radius 1 is 1.33 bits per heavy atom. The van der Waals surface area contributed by atoms with Crippen molar-refractivity contribution in [1.29, 1.82) is 0 Å². The highest BCUT2D eigenvalue weighted by Gasteiger charge is 2.34. The lowest BCUT2D eigenvalue weighted by Crippen LogP contribution is -2.45. The minimum absolute atomic E-state index is 0.0906.